The van der Waals surface area contributed by atoms with Crippen LogP contribution in [0.5, 0.6) is 0 Å². The summed E-state index contributed by atoms with van der Waals surface area (Å²) in [7, 11) is 0. The van der Waals surface area contributed by atoms with Gasteiger partial charge < -0.3 is 0 Å². The van der Waals surface area contributed by atoms with Gasteiger partial charge in [0.05, 0.1) is 4.92 Å². The van der Waals surface area contributed by atoms with Crippen molar-refractivity contribution >= 4 is 63.0 Å². The molecule has 0 saturated carbocycles. The number of hydrogen-bond donors (Lipinski definition) is 1. The summed E-state index contributed by atoms with van der Waals surface area (Å²) in [6, 6.07) is 10.6. The number of anilines is 1. The van der Waals surface area contributed by atoms with E-state index in [0.29, 0.717) is 25.3 Å². The zero-order valence-corrected chi connectivity index (χ0v) is 16.5. The highest BCUT2D eigenvalue weighted by atomic mass is 35.5. The molecule has 138 valence electrons. The van der Waals surface area contributed by atoms with E-state index in [0.717, 1.165) is 5.56 Å². The SMILES string of the molecule is O=C(Nc1nnc(SCc2c(Cl)cccc2Cl)s1)c1ccc([N+](=O)[O-])cc1. The lowest BCUT2D eigenvalue weighted by Crippen LogP contribution is -2.11. The molecule has 1 heterocycles. The number of non-ortho nitro benzene ring substituents is 1. The summed E-state index contributed by atoms with van der Waals surface area (Å²) in [5.74, 6) is 0.0930. The van der Waals surface area contributed by atoms with Crippen molar-refractivity contribution in [3.05, 3.63) is 73.8 Å². The van der Waals surface area contributed by atoms with E-state index in [-0.39, 0.29) is 11.3 Å². The largest absolute Gasteiger partial charge is 0.296 e. The predicted octanol–water partition coefficient (Wildman–Crippen LogP) is 5.30. The summed E-state index contributed by atoms with van der Waals surface area (Å²) in [4.78, 5) is 22.3. The van der Waals surface area contributed by atoms with E-state index < -0.39 is 10.8 Å². The average molecular weight is 441 g/mol. The average Bonchev–Trinajstić information content (AvgIpc) is 3.08. The molecule has 3 aromatic rings. The van der Waals surface area contributed by atoms with Crippen LogP contribution in [0.1, 0.15) is 15.9 Å². The second kappa shape index (κ2) is 8.66. The number of nitro benzene ring substituents is 1. The monoisotopic (exact) mass is 440 g/mol. The second-order valence-electron chi connectivity index (χ2n) is 5.12. The number of carbonyl (C=O) groups is 1. The van der Waals surface area contributed by atoms with Crippen molar-refractivity contribution in [1.82, 2.24) is 10.2 Å². The van der Waals surface area contributed by atoms with Crippen molar-refractivity contribution in [2.75, 3.05) is 5.32 Å². The Balaban J connectivity index is 1.62. The summed E-state index contributed by atoms with van der Waals surface area (Å²) in [5.41, 5.74) is 1.00. The van der Waals surface area contributed by atoms with E-state index in [4.69, 9.17) is 23.2 Å². The highest BCUT2D eigenvalue weighted by Crippen LogP contribution is 2.33. The van der Waals surface area contributed by atoms with Crippen LogP contribution in [-0.2, 0) is 5.75 Å². The number of nitrogens with one attached hydrogen (secondary N) is 1. The molecule has 0 fully saturated rings. The molecule has 0 unspecified atom stereocenters. The van der Waals surface area contributed by atoms with Crippen LogP contribution in [0, 0.1) is 10.1 Å². The number of amides is 1. The molecule has 0 aliphatic rings. The van der Waals surface area contributed by atoms with Gasteiger partial charge in [0.2, 0.25) is 5.13 Å². The lowest BCUT2D eigenvalue weighted by atomic mass is 10.2. The predicted molar refractivity (Wildman–Crippen MR) is 107 cm³/mol. The third kappa shape index (κ3) is 4.95. The number of carbonyl (C=O) groups excluding carboxylic acids is 1. The Hall–Kier alpha value is -2.20. The lowest BCUT2D eigenvalue weighted by Gasteiger charge is -2.04. The van der Waals surface area contributed by atoms with Gasteiger partial charge in [-0.05, 0) is 29.8 Å². The normalized spacial score (nSPS) is 10.6. The first-order valence-corrected chi connectivity index (χ1v) is 9.95. The molecule has 2 aromatic carbocycles. The maximum Gasteiger partial charge on any atom is 0.269 e. The second-order valence-corrected chi connectivity index (χ2v) is 8.13. The van der Waals surface area contributed by atoms with Gasteiger partial charge in [-0.2, -0.15) is 0 Å². The van der Waals surface area contributed by atoms with Gasteiger partial charge in [-0.1, -0.05) is 52.4 Å². The van der Waals surface area contributed by atoms with Gasteiger partial charge >= 0.3 is 0 Å². The number of hydrogen-bond acceptors (Lipinski definition) is 7. The topological polar surface area (TPSA) is 98.0 Å². The summed E-state index contributed by atoms with van der Waals surface area (Å²) < 4.78 is 0.644. The first kappa shape index (κ1) is 19.6. The number of rotatable bonds is 6. The zero-order chi connectivity index (χ0) is 19.4. The molecule has 1 aromatic heterocycles. The van der Waals surface area contributed by atoms with E-state index in [1.54, 1.807) is 18.2 Å². The molecule has 0 radical (unpaired) electrons. The third-order valence-corrected chi connectivity index (χ3v) is 6.08. The maximum absolute atomic E-state index is 12.2. The van der Waals surface area contributed by atoms with Crippen molar-refractivity contribution < 1.29 is 9.72 Å². The lowest BCUT2D eigenvalue weighted by molar-refractivity contribution is -0.384. The number of nitro groups is 1. The molecule has 0 atom stereocenters. The molecule has 0 aliphatic heterocycles. The zero-order valence-electron chi connectivity index (χ0n) is 13.4. The van der Waals surface area contributed by atoms with Gasteiger partial charge in [-0.25, -0.2) is 0 Å². The fourth-order valence-electron chi connectivity index (χ4n) is 2.03. The summed E-state index contributed by atoms with van der Waals surface area (Å²) in [5, 5.41) is 22.7. The summed E-state index contributed by atoms with van der Waals surface area (Å²) >= 11 is 14.9. The molecule has 0 aliphatic carbocycles. The Kier molecular flexibility index (Phi) is 6.27. The quantitative estimate of drug-likeness (QED) is 0.241. The van der Waals surface area contributed by atoms with Crippen LogP contribution in [0.4, 0.5) is 10.8 Å². The Bertz CT molecular complexity index is 975. The Morgan fingerprint density at radius 3 is 2.44 bits per heavy atom. The van der Waals surface area contributed by atoms with Gasteiger partial charge in [0.25, 0.3) is 11.6 Å². The maximum atomic E-state index is 12.2. The van der Waals surface area contributed by atoms with Crippen LogP contribution in [0.15, 0.2) is 46.8 Å². The van der Waals surface area contributed by atoms with Crippen LogP contribution in [0.3, 0.4) is 0 Å². The Labute approximate surface area is 171 Å². The number of aromatic nitrogens is 2. The van der Waals surface area contributed by atoms with Crippen molar-refractivity contribution in [2.45, 2.75) is 10.1 Å². The first-order chi connectivity index (χ1) is 12.9. The Morgan fingerprint density at radius 1 is 1.15 bits per heavy atom. The fraction of sp³-hybridized carbons (Fsp3) is 0.0625. The van der Waals surface area contributed by atoms with Crippen LogP contribution in [0.25, 0.3) is 0 Å². The first-order valence-electron chi connectivity index (χ1n) is 7.39. The summed E-state index contributed by atoms with van der Waals surface area (Å²) in [6.07, 6.45) is 0. The molecule has 0 saturated heterocycles. The molecule has 11 heteroatoms. The van der Waals surface area contributed by atoms with Crippen molar-refractivity contribution in [3.63, 3.8) is 0 Å². The van der Waals surface area contributed by atoms with Crippen LogP contribution >= 0.6 is 46.3 Å². The molecule has 7 nitrogen and oxygen atoms in total. The minimum absolute atomic E-state index is 0.0839. The van der Waals surface area contributed by atoms with Gasteiger partial charge in [-0.3, -0.25) is 20.2 Å². The number of benzene rings is 2. The van der Waals surface area contributed by atoms with Crippen LogP contribution in [-0.4, -0.2) is 21.0 Å². The smallest absolute Gasteiger partial charge is 0.269 e. The molecule has 27 heavy (non-hydrogen) atoms. The minimum atomic E-state index is -0.527. The highest BCUT2D eigenvalue weighted by Gasteiger charge is 2.13. The minimum Gasteiger partial charge on any atom is -0.296 e. The number of halogens is 2. The standard InChI is InChI=1S/C16H10Cl2N4O3S2/c17-12-2-1-3-13(18)11(12)8-26-16-21-20-15(27-16)19-14(23)9-4-6-10(7-5-9)22(24)25/h1-7H,8H2,(H,19,20,23). The van der Waals surface area contributed by atoms with Crippen LogP contribution < -0.4 is 5.32 Å². The van der Waals surface area contributed by atoms with Crippen molar-refractivity contribution in [1.29, 1.82) is 0 Å². The molecule has 1 amide bonds. The molecule has 1 N–H and O–H groups in total. The highest BCUT2D eigenvalue weighted by molar-refractivity contribution is 8.00. The molecular weight excluding hydrogens is 431 g/mol. The third-order valence-electron chi connectivity index (χ3n) is 3.37. The van der Waals surface area contributed by atoms with E-state index in [1.165, 1.54) is 47.4 Å². The fourth-order valence-corrected chi connectivity index (χ4v) is 4.52. The molecule has 0 spiro atoms. The van der Waals surface area contributed by atoms with Crippen LogP contribution in [0.2, 0.25) is 10.0 Å². The van der Waals surface area contributed by atoms with Gasteiger partial charge in [-0.15, -0.1) is 10.2 Å². The van der Waals surface area contributed by atoms with E-state index >= 15 is 0 Å². The number of nitrogens with zero attached hydrogens (tertiary/aromatic N) is 3. The van der Waals surface area contributed by atoms with E-state index in [9.17, 15) is 14.9 Å². The van der Waals surface area contributed by atoms with Gasteiger partial charge in [0, 0.05) is 33.5 Å². The van der Waals surface area contributed by atoms with Gasteiger partial charge in [0.1, 0.15) is 0 Å². The number of thioether (sulfide) groups is 1. The van der Waals surface area contributed by atoms with Gasteiger partial charge in [0.15, 0.2) is 4.34 Å². The molecular formula is C16H10Cl2N4O3S2. The molecule has 3 rings (SSSR count). The molecule has 0 bridgehead atoms. The van der Waals surface area contributed by atoms with Crippen molar-refractivity contribution in [2.24, 2.45) is 0 Å². The van der Waals surface area contributed by atoms with E-state index in [2.05, 4.69) is 15.5 Å². The van der Waals surface area contributed by atoms with E-state index in [1.807, 2.05) is 0 Å². The summed E-state index contributed by atoms with van der Waals surface area (Å²) in [6.45, 7) is 0. The van der Waals surface area contributed by atoms with Crippen molar-refractivity contribution in [3.8, 4) is 0 Å². The Morgan fingerprint density at radius 2 is 1.81 bits per heavy atom.